The van der Waals surface area contributed by atoms with E-state index in [9.17, 15) is 13.6 Å². The Hall–Kier alpha value is -2.67. The van der Waals surface area contributed by atoms with E-state index in [-0.39, 0.29) is 17.7 Å². The van der Waals surface area contributed by atoms with Gasteiger partial charge in [0.05, 0.1) is 23.1 Å². The zero-order chi connectivity index (χ0) is 21.4. The molecule has 2 aromatic carbocycles. The molecule has 0 saturated heterocycles. The van der Waals surface area contributed by atoms with E-state index >= 15 is 0 Å². The lowest BCUT2D eigenvalue weighted by Gasteiger charge is -2.24. The molecule has 2 bridgehead atoms. The molecule has 0 N–H and O–H groups in total. The summed E-state index contributed by atoms with van der Waals surface area (Å²) in [6, 6.07) is 7.82. The molecule has 1 amide bonds. The normalized spacial score (nSPS) is 22.9. The minimum absolute atomic E-state index is 0.0393. The van der Waals surface area contributed by atoms with Crippen LogP contribution in [0.4, 0.5) is 8.78 Å². The van der Waals surface area contributed by atoms with E-state index in [4.69, 9.17) is 15.7 Å². The molecule has 27 heavy (non-hydrogen) atoms. The minimum atomic E-state index is -2.98. The smallest absolute Gasteiger partial charge is 0.387 e. The second-order valence-corrected chi connectivity index (χ2v) is 6.92. The summed E-state index contributed by atoms with van der Waals surface area (Å²) in [6.45, 7) is -5.68. The van der Waals surface area contributed by atoms with Crippen LogP contribution in [0.15, 0.2) is 36.4 Å². The van der Waals surface area contributed by atoms with Gasteiger partial charge in [0.15, 0.2) is 0 Å². The SMILES string of the molecule is [2H]C([2H])([2H])N1C(=O)c2cccc(Cl)c2[C@H]2C[C@@H]1c1nc3ccc(OC(F)F)cc3n12. The van der Waals surface area contributed by atoms with Gasteiger partial charge in [-0.25, -0.2) is 4.98 Å². The number of carbonyl (C=O) groups excluding carboxylic acids is 1. The van der Waals surface area contributed by atoms with Gasteiger partial charge in [-0.1, -0.05) is 17.7 Å². The van der Waals surface area contributed by atoms with E-state index in [1.807, 2.05) is 0 Å². The van der Waals surface area contributed by atoms with Gasteiger partial charge in [0, 0.05) is 39.7 Å². The van der Waals surface area contributed by atoms with Gasteiger partial charge in [-0.3, -0.25) is 4.79 Å². The molecule has 2 atom stereocenters. The summed E-state index contributed by atoms with van der Waals surface area (Å²) in [5.41, 5.74) is 1.69. The zero-order valence-electron chi connectivity index (χ0n) is 16.7. The van der Waals surface area contributed by atoms with Crippen molar-refractivity contribution in [2.75, 3.05) is 6.98 Å². The number of rotatable bonds is 2. The quantitative estimate of drug-likeness (QED) is 0.649. The fourth-order valence-corrected chi connectivity index (χ4v) is 4.35. The summed E-state index contributed by atoms with van der Waals surface area (Å²) >= 11 is 6.45. The number of hydrogen-bond donors (Lipinski definition) is 0. The lowest BCUT2D eigenvalue weighted by Crippen LogP contribution is -2.30. The van der Waals surface area contributed by atoms with Crippen LogP contribution in [0, 0.1) is 0 Å². The van der Waals surface area contributed by atoms with Gasteiger partial charge in [-0.15, -0.1) is 0 Å². The fourth-order valence-electron chi connectivity index (χ4n) is 4.05. The molecule has 3 heterocycles. The van der Waals surface area contributed by atoms with Gasteiger partial charge in [0.25, 0.3) is 5.91 Å². The number of hydrogen-bond acceptors (Lipinski definition) is 3. The Kier molecular flexibility index (Phi) is 2.83. The van der Waals surface area contributed by atoms with Crippen LogP contribution in [0.3, 0.4) is 0 Å². The van der Waals surface area contributed by atoms with Crippen LogP contribution in [-0.4, -0.2) is 33.9 Å². The van der Waals surface area contributed by atoms with Crippen LogP contribution in [0.5, 0.6) is 5.75 Å². The molecule has 2 aliphatic rings. The number of halogens is 3. The number of amides is 1. The highest BCUT2D eigenvalue weighted by Gasteiger charge is 2.44. The van der Waals surface area contributed by atoms with Crippen molar-refractivity contribution in [2.24, 2.45) is 0 Å². The van der Waals surface area contributed by atoms with Crippen molar-refractivity contribution < 1.29 is 22.4 Å². The van der Waals surface area contributed by atoms with Crippen LogP contribution in [0.1, 0.15) is 44.4 Å². The average Bonchev–Trinajstić information content (AvgIpc) is 3.13. The maximum absolute atomic E-state index is 13.2. The van der Waals surface area contributed by atoms with Gasteiger partial charge in [0.1, 0.15) is 11.6 Å². The third-order valence-electron chi connectivity index (χ3n) is 5.12. The Labute approximate surface area is 162 Å². The summed E-state index contributed by atoms with van der Waals surface area (Å²) in [5, 5.41) is 0.326. The van der Waals surface area contributed by atoms with Gasteiger partial charge >= 0.3 is 6.61 Å². The number of carbonyl (C=O) groups is 1. The van der Waals surface area contributed by atoms with Crippen LogP contribution in [-0.2, 0) is 0 Å². The van der Waals surface area contributed by atoms with Crippen molar-refractivity contribution in [3.8, 4) is 5.75 Å². The molecule has 0 spiro atoms. The van der Waals surface area contributed by atoms with E-state index in [2.05, 4.69) is 9.72 Å². The number of benzene rings is 2. The Morgan fingerprint density at radius 2 is 2.19 bits per heavy atom. The number of alkyl halides is 2. The molecule has 8 heteroatoms. The van der Waals surface area contributed by atoms with Gasteiger partial charge in [-0.2, -0.15) is 8.78 Å². The first-order valence-electron chi connectivity index (χ1n) is 9.75. The molecule has 0 aliphatic carbocycles. The number of aromatic nitrogens is 2. The molecule has 1 aromatic heterocycles. The van der Waals surface area contributed by atoms with E-state index in [0.29, 0.717) is 27.4 Å². The van der Waals surface area contributed by atoms with Crippen LogP contribution < -0.4 is 4.74 Å². The fraction of sp³-hybridized carbons (Fsp3) is 0.263. The topological polar surface area (TPSA) is 47.4 Å². The van der Waals surface area contributed by atoms with E-state index in [1.165, 1.54) is 18.2 Å². The lowest BCUT2D eigenvalue weighted by molar-refractivity contribution is -0.0497. The third kappa shape index (κ3) is 2.27. The Balaban J connectivity index is 1.80. The lowest BCUT2D eigenvalue weighted by atomic mass is 9.99. The van der Waals surface area contributed by atoms with E-state index in [0.717, 1.165) is 4.90 Å². The number of nitrogens with zero attached hydrogens (tertiary/aromatic N) is 3. The van der Waals surface area contributed by atoms with Gasteiger partial charge < -0.3 is 14.2 Å². The highest BCUT2D eigenvalue weighted by Crippen LogP contribution is 2.49. The molecule has 0 unspecified atom stereocenters. The zero-order valence-corrected chi connectivity index (χ0v) is 14.5. The number of fused-ring (bicyclic) bond motifs is 9. The maximum Gasteiger partial charge on any atom is 0.387 e. The molecule has 138 valence electrons. The van der Waals surface area contributed by atoms with Crippen LogP contribution in [0.25, 0.3) is 11.0 Å². The third-order valence-corrected chi connectivity index (χ3v) is 5.45. The van der Waals surface area contributed by atoms with E-state index < -0.39 is 31.6 Å². The van der Waals surface area contributed by atoms with Crippen molar-refractivity contribution in [3.63, 3.8) is 0 Å². The second kappa shape index (κ2) is 5.66. The molecule has 0 radical (unpaired) electrons. The Morgan fingerprint density at radius 3 is 2.96 bits per heavy atom. The highest BCUT2D eigenvalue weighted by molar-refractivity contribution is 6.32. The summed E-state index contributed by atoms with van der Waals surface area (Å²) < 4.78 is 55.5. The number of ether oxygens (including phenoxy) is 1. The predicted octanol–water partition coefficient (Wildman–Crippen LogP) is 4.41. The summed E-state index contributed by atoms with van der Waals surface area (Å²) in [7, 11) is 0. The van der Waals surface area contributed by atoms with Crippen molar-refractivity contribution >= 4 is 28.5 Å². The van der Waals surface area contributed by atoms with Crippen molar-refractivity contribution in [1.82, 2.24) is 14.5 Å². The molecule has 0 saturated carbocycles. The molecular weight excluding hydrogens is 376 g/mol. The Bertz CT molecular complexity index is 1200. The monoisotopic (exact) mass is 392 g/mol. The first kappa shape index (κ1) is 13.5. The van der Waals surface area contributed by atoms with Crippen molar-refractivity contribution in [3.05, 3.63) is 58.4 Å². The van der Waals surface area contributed by atoms with Gasteiger partial charge in [-0.05, 0) is 24.3 Å². The molecule has 5 rings (SSSR count). The predicted molar refractivity (Wildman–Crippen MR) is 95.4 cm³/mol. The summed E-state index contributed by atoms with van der Waals surface area (Å²) in [5.74, 6) is -0.304. The largest absolute Gasteiger partial charge is 0.435 e. The second-order valence-electron chi connectivity index (χ2n) is 6.51. The van der Waals surface area contributed by atoms with E-state index in [1.54, 1.807) is 22.8 Å². The van der Waals surface area contributed by atoms with Crippen LogP contribution in [0.2, 0.25) is 5.02 Å². The molecule has 3 aromatic rings. The van der Waals surface area contributed by atoms with Crippen molar-refractivity contribution in [1.29, 1.82) is 0 Å². The first-order chi connectivity index (χ1) is 14.2. The maximum atomic E-state index is 13.2. The molecule has 2 aliphatic heterocycles. The van der Waals surface area contributed by atoms with Crippen molar-refractivity contribution in [2.45, 2.75) is 25.1 Å². The minimum Gasteiger partial charge on any atom is -0.435 e. The number of imidazole rings is 1. The average molecular weight is 393 g/mol. The van der Waals surface area contributed by atoms with Crippen LogP contribution >= 0.6 is 11.6 Å². The summed E-state index contributed by atoms with van der Waals surface area (Å²) in [6.07, 6.45) is 0.263. The molecule has 5 nitrogen and oxygen atoms in total. The molecular formula is C19H14ClF2N3O2. The highest BCUT2D eigenvalue weighted by atomic mass is 35.5. The standard InChI is InChI=1S/C19H14ClF2N3O2/c1-24-15-8-14(16-10(18(24)26)3-2-4-11(16)20)25-13-7-9(27-19(21)22)5-6-12(13)23-17(15)25/h2-7,14-15,19H,8H2,1H3/t14-,15-/m1/s1/i1D3. The van der Waals surface area contributed by atoms with Gasteiger partial charge in [0.2, 0.25) is 0 Å². The summed E-state index contributed by atoms with van der Waals surface area (Å²) in [4.78, 5) is 18.6. The Morgan fingerprint density at radius 1 is 1.33 bits per heavy atom. The molecule has 0 fully saturated rings. The first-order valence-corrected chi connectivity index (χ1v) is 8.63.